The van der Waals surface area contributed by atoms with Crippen LogP contribution in [0.3, 0.4) is 0 Å². The van der Waals surface area contributed by atoms with Gasteiger partial charge < -0.3 is 16.2 Å². The van der Waals surface area contributed by atoms with Crippen LogP contribution in [0.15, 0.2) is 29.6 Å². The van der Waals surface area contributed by atoms with Gasteiger partial charge in [-0.25, -0.2) is 4.98 Å². The molecule has 2 rings (SSSR count). The topological polar surface area (TPSA) is 88.2 Å². The molecule has 2 aromatic rings. The first kappa shape index (κ1) is 14.6. The zero-order valence-electron chi connectivity index (χ0n) is 11.0. The molecule has 106 valence electrons. The van der Waals surface area contributed by atoms with Gasteiger partial charge in [0.15, 0.2) is 0 Å². The van der Waals surface area contributed by atoms with Crippen LogP contribution in [0.1, 0.15) is 21.1 Å². The van der Waals surface area contributed by atoms with E-state index in [1.54, 1.807) is 5.38 Å². The number of thiazole rings is 1. The lowest BCUT2D eigenvalue weighted by molar-refractivity contribution is 0.102. The molecule has 0 aliphatic heterocycles. The molecule has 6 heteroatoms. The van der Waals surface area contributed by atoms with Gasteiger partial charge in [0.1, 0.15) is 5.69 Å². The first-order chi connectivity index (χ1) is 9.72. The molecular formula is C14H17N3O2S. The van der Waals surface area contributed by atoms with Crippen molar-refractivity contribution in [1.82, 2.24) is 4.98 Å². The Labute approximate surface area is 121 Å². The molecule has 1 aromatic heterocycles. The van der Waals surface area contributed by atoms with E-state index in [1.165, 1.54) is 11.3 Å². The molecule has 20 heavy (non-hydrogen) atoms. The number of aliphatic hydroxyl groups is 1. The van der Waals surface area contributed by atoms with E-state index in [9.17, 15) is 4.79 Å². The Morgan fingerprint density at radius 3 is 2.70 bits per heavy atom. The van der Waals surface area contributed by atoms with Crippen LogP contribution in [0.5, 0.6) is 0 Å². The third kappa shape index (κ3) is 3.86. The Balaban J connectivity index is 1.99. The fourth-order valence-corrected chi connectivity index (χ4v) is 2.53. The normalized spacial score (nSPS) is 10.5. The summed E-state index contributed by atoms with van der Waals surface area (Å²) in [4.78, 5) is 16.2. The number of benzene rings is 1. The molecule has 0 unspecified atom stereocenters. The Kier molecular flexibility index (Phi) is 5.23. The number of nitrogens with zero attached hydrogens (tertiary/aromatic N) is 1. The average Bonchev–Trinajstić information content (AvgIpc) is 2.90. The highest BCUT2D eigenvalue weighted by Crippen LogP contribution is 2.14. The minimum absolute atomic E-state index is 0.119. The van der Waals surface area contributed by atoms with Crippen LogP contribution in [0.2, 0.25) is 0 Å². The van der Waals surface area contributed by atoms with E-state index in [1.807, 2.05) is 24.3 Å². The van der Waals surface area contributed by atoms with Gasteiger partial charge in [-0.15, -0.1) is 11.3 Å². The van der Waals surface area contributed by atoms with Crippen molar-refractivity contribution in [2.75, 3.05) is 18.5 Å². The predicted octanol–water partition coefficient (Wildman–Crippen LogP) is 1.43. The van der Waals surface area contributed by atoms with Gasteiger partial charge in [-0.2, -0.15) is 0 Å². The smallest absolute Gasteiger partial charge is 0.275 e. The molecule has 0 bridgehead atoms. The van der Waals surface area contributed by atoms with Crippen LogP contribution in [-0.2, 0) is 12.8 Å². The second kappa shape index (κ2) is 7.14. The minimum Gasteiger partial charge on any atom is -0.396 e. The summed E-state index contributed by atoms with van der Waals surface area (Å²) >= 11 is 1.44. The fourth-order valence-electron chi connectivity index (χ4n) is 1.73. The summed E-state index contributed by atoms with van der Waals surface area (Å²) in [5, 5.41) is 14.2. The Hall–Kier alpha value is -1.76. The second-order valence-corrected chi connectivity index (χ2v) is 5.23. The first-order valence-corrected chi connectivity index (χ1v) is 7.26. The van der Waals surface area contributed by atoms with E-state index in [2.05, 4.69) is 10.3 Å². The lowest BCUT2D eigenvalue weighted by atomic mass is 10.1. The highest BCUT2D eigenvalue weighted by molar-refractivity contribution is 7.09. The molecule has 5 nitrogen and oxygen atoms in total. The number of aromatic nitrogens is 1. The molecular weight excluding hydrogens is 274 g/mol. The second-order valence-electron chi connectivity index (χ2n) is 4.29. The van der Waals surface area contributed by atoms with Gasteiger partial charge in [0.05, 0.1) is 5.01 Å². The zero-order valence-corrected chi connectivity index (χ0v) is 11.8. The molecule has 0 radical (unpaired) electrons. The van der Waals surface area contributed by atoms with Gasteiger partial charge in [0.25, 0.3) is 5.91 Å². The summed E-state index contributed by atoms with van der Waals surface area (Å²) in [7, 11) is 0. The number of nitrogens with one attached hydrogen (secondary N) is 1. The van der Waals surface area contributed by atoms with Gasteiger partial charge >= 0.3 is 0 Å². The number of anilines is 1. The molecule has 0 saturated heterocycles. The number of carbonyl (C=O) groups excluding carboxylic acids is 1. The molecule has 0 aliphatic rings. The van der Waals surface area contributed by atoms with Crippen molar-refractivity contribution in [3.8, 4) is 0 Å². The monoisotopic (exact) mass is 291 g/mol. The molecule has 0 fully saturated rings. The molecule has 4 N–H and O–H groups in total. The predicted molar refractivity (Wildman–Crippen MR) is 80.1 cm³/mol. The summed E-state index contributed by atoms with van der Waals surface area (Å²) in [6.45, 7) is 0.648. The van der Waals surface area contributed by atoms with E-state index in [0.29, 0.717) is 30.8 Å². The van der Waals surface area contributed by atoms with Crippen LogP contribution in [0.25, 0.3) is 0 Å². The van der Waals surface area contributed by atoms with E-state index >= 15 is 0 Å². The van der Waals surface area contributed by atoms with Gasteiger partial charge in [-0.05, 0) is 30.7 Å². The van der Waals surface area contributed by atoms with Crippen molar-refractivity contribution in [2.24, 2.45) is 5.73 Å². The van der Waals surface area contributed by atoms with Crippen molar-refractivity contribution < 1.29 is 9.90 Å². The highest BCUT2D eigenvalue weighted by Gasteiger charge is 2.10. The largest absolute Gasteiger partial charge is 0.396 e. The number of carbonyl (C=O) groups is 1. The summed E-state index contributed by atoms with van der Waals surface area (Å²) in [5.41, 5.74) is 7.62. The van der Waals surface area contributed by atoms with Gasteiger partial charge in [-0.1, -0.05) is 12.1 Å². The van der Waals surface area contributed by atoms with E-state index in [-0.39, 0.29) is 12.5 Å². The van der Waals surface area contributed by atoms with Gasteiger partial charge in [-0.3, -0.25) is 4.79 Å². The number of amides is 1. The zero-order chi connectivity index (χ0) is 14.4. The molecule has 0 spiro atoms. The maximum Gasteiger partial charge on any atom is 0.275 e. The number of nitrogens with two attached hydrogens (primary N) is 1. The van der Waals surface area contributed by atoms with E-state index in [4.69, 9.17) is 10.8 Å². The lowest BCUT2D eigenvalue weighted by Crippen LogP contribution is -2.12. The number of hydrogen-bond donors (Lipinski definition) is 3. The number of aliphatic hydroxyl groups excluding tert-OH is 1. The fraction of sp³-hybridized carbons (Fsp3) is 0.286. The van der Waals surface area contributed by atoms with E-state index < -0.39 is 0 Å². The van der Waals surface area contributed by atoms with Crippen molar-refractivity contribution >= 4 is 22.9 Å². The SMILES string of the molecule is NCCc1nc(C(=O)Nc2ccc(CCO)cc2)cs1. The molecule has 0 aliphatic carbocycles. The first-order valence-electron chi connectivity index (χ1n) is 6.38. The summed E-state index contributed by atoms with van der Waals surface area (Å²) in [6.07, 6.45) is 1.30. The van der Waals surface area contributed by atoms with Gasteiger partial charge in [0.2, 0.25) is 0 Å². The third-order valence-electron chi connectivity index (χ3n) is 2.75. The van der Waals surface area contributed by atoms with Crippen molar-refractivity contribution in [2.45, 2.75) is 12.8 Å². The standard InChI is InChI=1S/C14H17N3O2S/c15-7-5-13-17-12(9-20-13)14(19)16-11-3-1-10(2-4-11)6-8-18/h1-4,9,18H,5-8,15H2,(H,16,19). The van der Waals surface area contributed by atoms with Crippen LogP contribution in [0, 0.1) is 0 Å². The molecule has 0 saturated carbocycles. The van der Waals surface area contributed by atoms with Crippen LogP contribution in [-0.4, -0.2) is 29.1 Å². The average molecular weight is 291 g/mol. The maximum atomic E-state index is 12.0. The molecule has 0 atom stereocenters. The molecule has 1 heterocycles. The van der Waals surface area contributed by atoms with E-state index in [0.717, 1.165) is 10.6 Å². The summed E-state index contributed by atoms with van der Waals surface area (Å²) < 4.78 is 0. The van der Waals surface area contributed by atoms with Gasteiger partial charge in [0, 0.05) is 24.1 Å². The Bertz CT molecular complexity index is 566. The molecule has 1 aromatic carbocycles. The van der Waals surface area contributed by atoms with Crippen LogP contribution < -0.4 is 11.1 Å². The minimum atomic E-state index is -0.223. The Morgan fingerprint density at radius 2 is 2.05 bits per heavy atom. The summed E-state index contributed by atoms with van der Waals surface area (Å²) in [5.74, 6) is -0.223. The quantitative estimate of drug-likeness (QED) is 0.751. The van der Waals surface area contributed by atoms with Crippen molar-refractivity contribution in [1.29, 1.82) is 0 Å². The number of rotatable bonds is 6. The molecule has 1 amide bonds. The highest BCUT2D eigenvalue weighted by atomic mass is 32.1. The third-order valence-corrected chi connectivity index (χ3v) is 3.66. The van der Waals surface area contributed by atoms with Crippen LogP contribution in [0.4, 0.5) is 5.69 Å². The maximum absolute atomic E-state index is 12.0. The summed E-state index contributed by atoms with van der Waals surface area (Å²) in [6, 6.07) is 7.39. The Morgan fingerprint density at radius 1 is 1.30 bits per heavy atom. The van der Waals surface area contributed by atoms with Crippen LogP contribution >= 0.6 is 11.3 Å². The lowest BCUT2D eigenvalue weighted by Gasteiger charge is -2.04. The van der Waals surface area contributed by atoms with Crippen molar-refractivity contribution in [3.63, 3.8) is 0 Å². The van der Waals surface area contributed by atoms with Crippen molar-refractivity contribution in [3.05, 3.63) is 45.9 Å². The number of hydrogen-bond acceptors (Lipinski definition) is 5.